The average Bonchev–Trinajstić information content (AvgIpc) is 3.97. The molecule has 0 radical (unpaired) electrons. The highest BCUT2D eigenvalue weighted by Gasteiger charge is 2.57. The van der Waals surface area contributed by atoms with E-state index in [9.17, 15) is 19.2 Å². The van der Waals surface area contributed by atoms with E-state index in [1.807, 2.05) is 28.0 Å². The molecule has 1 spiro atoms. The van der Waals surface area contributed by atoms with Crippen LogP contribution in [-0.4, -0.2) is 145 Å². The molecule has 2 aromatic carbocycles. The van der Waals surface area contributed by atoms with Crippen molar-refractivity contribution in [3.63, 3.8) is 0 Å². The van der Waals surface area contributed by atoms with Crippen LogP contribution >= 0.6 is 11.6 Å². The van der Waals surface area contributed by atoms with Crippen LogP contribution in [0.25, 0.3) is 5.65 Å². The van der Waals surface area contributed by atoms with Crippen molar-refractivity contribution >= 4 is 63.9 Å². The van der Waals surface area contributed by atoms with E-state index in [0.717, 1.165) is 48.3 Å². The van der Waals surface area contributed by atoms with Gasteiger partial charge in [0, 0.05) is 89.6 Å². The quantitative estimate of drug-likeness (QED) is 0.152. The second-order valence-corrected chi connectivity index (χ2v) is 20.0. The second-order valence-electron chi connectivity index (χ2n) is 19.6. The van der Waals surface area contributed by atoms with E-state index < -0.39 is 17.4 Å². The number of urea groups is 1. The van der Waals surface area contributed by atoms with E-state index in [2.05, 4.69) is 36.8 Å². The predicted molar refractivity (Wildman–Crippen MR) is 261 cm³/mol. The van der Waals surface area contributed by atoms with Gasteiger partial charge in [0.25, 0.3) is 17.7 Å². The van der Waals surface area contributed by atoms with Gasteiger partial charge in [-0.05, 0) is 125 Å². The molecule has 7 heterocycles. The standard InChI is InChI=1S/C45H54ClF2N11O4.C5H10O/c1-28-21-31(22-35(39(28)46)58-17-10-38(60)52-43(58)63)42(62)56-14-7-29(8-15-56)25-54-18-11-44(12-19-54)13-20-55(27-45(44,47)48)26-30-5-4-6-34-32(30)9-16-57(34)37-23-33(49-2)40-51-24-36(41(61)50-3)59(40)53-37;1-6-5-3-2-4-5/h4-6,21-24,29,49H,7-20,25-27H2,1-3H3,(H,50,61)(H,52,60,63);5H,2-4H2,1H3. The molecule has 0 atom stereocenters. The van der Waals surface area contributed by atoms with Gasteiger partial charge in [-0.2, -0.15) is 0 Å². The monoisotopic (exact) mass is 971 g/mol. The number of carbonyl (C=O) groups is 4. The van der Waals surface area contributed by atoms with Gasteiger partial charge in [0.2, 0.25) is 5.91 Å². The summed E-state index contributed by atoms with van der Waals surface area (Å²) in [5.41, 5.74) is 5.30. The first kappa shape index (κ1) is 48.6. The molecule has 5 fully saturated rings. The molecule has 4 aromatic rings. The minimum absolute atomic E-state index is 0.127. The molecule has 4 saturated heterocycles. The molecule has 1 aliphatic carbocycles. The van der Waals surface area contributed by atoms with Gasteiger partial charge in [0.05, 0.1) is 35.2 Å². The van der Waals surface area contributed by atoms with E-state index in [-0.39, 0.29) is 37.2 Å². The number of methoxy groups -OCH3 is 1. The zero-order valence-corrected chi connectivity index (χ0v) is 40.8. The highest BCUT2D eigenvalue weighted by atomic mass is 35.5. The number of nitrogens with one attached hydrogen (secondary N) is 3. The lowest BCUT2D eigenvalue weighted by atomic mass is 9.68. The zero-order chi connectivity index (χ0) is 48.6. The second kappa shape index (κ2) is 20.1. The molecule has 5 amide bonds. The van der Waals surface area contributed by atoms with Gasteiger partial charge in [0.1, 0.15) is 0 Å². The molecule has 16 nitrogen and oxygen atoms in total. The Morgan fingerprint density at radius 2 is 1.64 bits per heavy atom. The molecule has 5 aliphatic heterocycles. The number of halogens is 3. The third-order valence-corrected chi connectivity index (χ3v) is 16.0. The molecule has 69 heavy (non-hydrogen) atoms. The maximum atomic E-state index is 16.4. The van der Waals surface area contributed by atoms with Gasteiger partial charge < -0.3 is 30.1 Å². The topological polar surface area (TPSA) is 160 Å². The summed E-state index contributed by atoms with van der Waals surface area (Å²) < 4.78 is 39.3. The first-order chi connectivity index (χ1) is 33.2. The fraction of sp³-hybridized carbons (Fsp3) is 0.560. The van der Waals surface area contributed by atoms with Gasteiger partial charge in [-0.1, -0.05) is 23.7 Å². The Morgan fingerprint density at radius 1 is 0.913 bits per heavy atom. The summed E-state index contributed by atoms with van der Waals surface area (Å²) in [4.78, 5) is 64.6. The van der Waals surface area contributed by atoms with E-state index in [0.29, 0.717) is 116 Å². The minimum Gasteiger partial charge on any atom is -0.385 e. The van der Waals surface area contributed by atoms with Gasteiger partial charge in [0.15, 0.2) is 17.2 Å². The first-order valence-electron chi connectivity index (χ1n) is 24.4. The number of nitrogens with zero attached hydrogens (tertiary/aromatic N) is 8. The summed E-state index contributed by atoms with van der Waals surface area (Å²) in [5.74, 6) is -2.56. The fourth-order valence-electron chi connectivity index (χ4n) is 11.0. The van der Waals surface area contributed by atoms with Crippen molar-refractivity contribution in [2.45, 2.75) is 89.7 Å². The number of piperidine rings is 3. The van der Waals surface area contributed by atoms with Crippen LogP contribution in [0.4, 0.5) is 36.5 Å². The number of aromatic nitrogens is 3. The fourth-order valence-corrected chi connectivity index (χ4v) is 11.2. The number of anilines is 4. The van der Waals surface area contributed by atoms with E-state index in [1.165, 1.54) is 30.4 Å². The summed E-state index contributed by atoms with van der Waals surface area (Å²) >= 11 is 6.57. The number of carbonyl (C=O) groups excluding carboxylic acids is 4. The van der Waals surface area contributed by atoms with Crippen LogP contribution < -0.4 is 25.8 Å². The molecule has 0 unspecified atom stereocenters. The van der Waals surface area contributed by atoms with Crippen LogP contribution in [0.5, 0.6) is 0 Å². The number of fused-ring (bicyclic) bond motifs is 2. The molecule has 2 aromatic heterocycles. The van der Waals surface area contributed by atoms with Crippen LogP contribution in [0.2, 0.25) is 5.02 Å². The van der Waals surface area contributed by atoms with Crippen molar-refractivity contribution < 1.29 is 32.7 Å². The number of alkyl halides is 2. The van der Waals surface area contributed by atoms with Crippen molar-refractivity contribution in [2.24, 2.45) is 11.3 Å². The van der Waals surface area contributed by atoms with Crippen LogP contribution in [-0.2, 0) is 22.5 Å². The third-order valence-electron chi connectivity index (χ3n) is 15.5. The lowest BCUT2D eigenvalue weighted by Crippen LogP contribution is -2.59. The van der Waals surface area contributed by atoms with Crippen LogP contribution in [0.3, 0.4) is 0 Å². The molecule has 1 saturated carbocycles. The van der Waals surface area contributed by atoms with E-state index in [1.54, 1.807) is 44.8 Å². The van der Waals surface area contributed by atoms with Gasteiger partial charge in [-0.3, -0.25) is 29.5 Å². The van der Waals surface area contributed by atoms with Crippen molar-refractivity contribution in [3.8, 4) is 0 Å². The minimum atomic E-state index is -2.82. The summed E-state index contributed by atoms with van der Waals surface area (Å²) in [5, 5.41) is 13.3. The Kier molecular flexibility index (Phi) is 14.2. The average molecular weight is 973 g/mol. The van der Waals surface area contributed by atoms with Crippen molar-refractivity contribution in [1.29, 1.82) is 0 Å². The summed E-state index contributed by atoms with van der Waals surface area (Å²) in [6.45, 7) is 6.72. The Hall–Kier alpha value is -5.43. The molecular weight excluding hydrogens is 908 g/mol. The molecule has 3 N–H and O–H groups in total. The van der Waals surface area contributed by atoms with Crippen LogP contribution in [0.15, 0.2) is 42.6 Å². The molecule has 10 rings (SSSR count). The summed E-state index contributed by atoms with van der Waals surface area (Å²) in [6.07, 6.45) is 10.0. The number of amides is 5. The Bertz CT molecular complexity index is 2590. The van der Waals surface area contributed by atoms with Crippen molar-refractivity contribution in [1.82, 2.24) is 39.9 Å². The Balaban J connectivity index is 0.000000918. The summed E-state index contributed by atoms with van der Waals surface area (Å²) in [6, 6.07) is 10.8. The molecule has 370 valence electrons. The van der Waals surface area contributed by atoms with Gasteiger partial charge >= 0.3 is 6.03 Å². The molecule has 19 heteroatoms. The predicted octanol–water partition coefficient (Wildman–Crippen LogP) is 6.89. The van der Waals surface area contributed by atoms with Gasteiger partial charge in [-0.25, -0.2) is 23.1 Å². The highest BCUT2D eigenvalue weighted by Crippen LogP contribution is 2.51. The Labute approximate surface area is 407 Å². The van der Waals surface area contributed by atoms with E-state index in [4.69, 9.17) is 21.4 Å². The number of imidazole rings is 1. The lowest BCUT2D eigenvalue weighted by Gasteiger charge is -2.51. The van der Waals surface area contributed by atoms with E-state index >= 15 is 8.78 Å². The van der Waals surface area contributed by atoms with Crippen LogP contribution in [0.1, 0.15) is 95.3 Å². The number of hydrogen-bond acceptors (Lipinski definition) is 11. The number of ether oxygens (including phenoxy) is 1. The van der Waals surface area contributed by atoms with Crippen LogP contribution in [0, 0.1) is 18.3 Å². The maximum Gasteiger partial charge on any atom is 0.328 e. The normalized spacial score (nSPS) is 20.9. The molecule has 6 aliphatic rings. The number of aryl methyl sites for hydroxylation is 1. The highest BCUT2D eigenvalue weighted by molar-refractivity contribution is 6.35. The molecular formula is C50H64ClF2N11O5. The molecule has 0 bridgehead atoms. The number of imide groups is 1. The maximum absolute atomic E-state index is 16.4. The van der Waals surface area contributed by atoms with Crippen molar-refractivity contribution in [3.05, 3.63) is 75.6 Å². The zero-order valence-electron chi connectivity index (χ0n) is 40.1. The number of benzene rings is 2. The largest absolute Gasteiger partial charge is 0.385 e. The van der Waals surface area contributed by atoms with Gasteiger partial charge in [-0.15, -0.1) is 5.10 Å². The number of rotatable bonds is 10. The van der Waals surface area contributed by atoms with Crippen molar-refractivity contribution in [2.75, 3.05) is 95.2 Å². The lowest BCUT2D eigenvalue weighted by molar-refractivity contribution is -0.189. The smallest absolute Gasteiger partial charge is 0.328 e. The number of hydrogen-bond donors (Lipinski definition) is 3. The SMILES string of the molecule is CNC(=O)c1cnc2c(NC)cc(N3CCc4c(CN5CCC6(CCN(CC7CCN(C(=O)c8cc(C)c(Cl)c(N9CCC(=O)NC9=O)c8)CC7)CC6)C(F)(F)C5)cccc43)nn12.COC1CCC1. The first-order valence-corrected chi connectivity index (χ1v) is 24.8. The third kappa shape index (κ3) is 9.73. The Morgan fingerprint density at radius 3 is 2.29 bits per heavy atom. The number of likely N-dealkylation sites (tertiary alicyclic amines) is 3. The summed E-state index contributed by atoms with van der Waals surface area (Å²) in [7, 11) is 5.15.